The first-order valence-corrected chi connectivity index (χ1v) is 9.02. The van der Waals surface area contributed by atoms with E-state index in [4.69, 9.17) is 16.3 Å². The molecule has 2 amide bonds. The minimum Gasteiger partial charge on any atom is -0.495 e. The van der Waals surface area contributed by atoms with Crippen molar-refractivity contribution in [3.63, 3.8) is 0 Å². The molecule has 3 rings (SSSR count). The van der Waals surface area contributed by atoms with Crippen molar-refractivity contribution in [3.05, 3.63) is 47.0 Å². The molecule has 0 aliphatic heterocycles. The quantitative estimate of drug-likeness (QED) is 0.686. The third-order valence-corrected chi connectivity index (χ3v) is 4.46. The topological polar surface area (TPSA) is 89.4 Å². The number of aromatic nitrogens is 3. The van der Waals surface area contributed by atoms with Crippen molar-refractivity contribution in [2.75, 3.05) is 26.0 Å². The van der Waals surface area contributed by atoms with Gasteiger partial charge in [-0.3, -0.25) is 9.59 Å². The number of hydrogen-bond acceptors (Lipinski definition) is 5. The number of nitrogens with zero attached hydrogens (tertiary/aromatic N) is 4. The van der Waals surface area contributed by atoms with Gasteiger partial charge >= 0.3 is 0 Å². The summed E-state index contributed by atoms with van der Waals surface area (Å²) in [6.07, 6.45) is 0. The third-order valence-electron chi connectivity index (χ3n) is 4.22. The second-order valence-electron chi connectivity index (χ2n) is 6.16. The lowest BCUT2D eigenvalue weighted by molar-refractivity contribution is -0.116. The highest BCUT2D eigenvalue weighted by atomic mass is 35.5. The van der Waals surface area contributed by atoms with Gasteiger partial charge in [-0.2, -0.15) is 0 Å². The Balaban J connectivity index is 1.70. The SMILES string of the molecule is CCn1nnc2cc(C(=O)N(C)CC(=O)Nc3cc(Cl)ccc3OC)ccc21. The number of likely N-dealkylation sites (N-methyl/N-ethyl adjacent to an activating group) is 1. The van der Waals surface area contributed by atoms with E-state index in [0.29, 0.717) is 34.1 Å². The molecule has 0 atom stereocenters. The summed E-state index contributed by atoms with van der Waals surface area (Å²) in [5.41, 5.74) is 2.37. The van der Waals surface area contributed by atoms with Gasteiger partial charge in [0.15, 0.2) is 0 Å². The Morgan fingerprint density at radius 2 is 2.04 bits per heavy atom. The molecule has 1 heterocycles. The number of halogens is 1. The van der Waals surface area contributed by atoms with Crippen molar-refractivity contribution in [3.8, 4) is 5.75 Å². The van der Waals surface area contributed by atoms with E-state index in [9.17, 15) is 9.59 Å². The third kappa shape index (κ3) is 4.07. The standard InChI is InChI=1S/C19H20ClN5O3/c1-4-25-16-7-5-12(9-14(16)22-23-25)19(27)24(2)11-18(26)21-15-10-13(20)6-8-17(15)28-3/h5-10H,4,11H2,1-3H3,(H,21,26). The second-order valence-corrected chi connectivity index (χ2v) is 6.60. The molecule has 0 bridgehead atoms. The normalized spacial score (nSPS) is 10.7. The lowest BCUT2D eigenvalue weighted by Gasteiger charge is -2.17. The number of methoxy groups -OCH3 is 1. The van der Waals surface area contributed by atoms with Gasteiger partial charge in [0, 0.05) is 24.2 Å². The Bertz CT molecular complexity index is 1030. The van der Waals surface area contributed by atoms with Crippen LogP contribution in [0.25, 0.3) is 11.0 Å². The van der Waals surface area contributed by atoms with Crippen LogP contribution < -0.4 is 10.1 Å². The summed E-state index contributed by atoms with van der Waals surface area (Å²) in [6.45, 7) is 2.53. The number of nitrogens with one attached hydrogen (secondary N) is 1. The largest absolute Gasteiger partial charge is 0.495 e. The summed E-state index contributed by atoms with van der Waals surface area (Å²) in [7, 11) is 3.06. The van der Waals surface area contributed by atoms with E-state index in [1.807, 2.05) is 6.92 Å². The number of hydrogen-bond donors (Lipinski definition) is 1. The van der Waals surface area contributed by atoms with E-state index in [-0.39, 0.29) is 18.4 Å². The Morgan fingerprint density at radius 1 is 1.25 bits per heavy atom. The van der Waals surface area contributed by atoms with Crippen molar-refractivity contribution < 1.29 is 14.3 Å². The molecule has 0 radical (unpaired) electrons. The minimum atomic E-state index is -0.366. The van der Waals surface area contributed by atoms with Crippen LogP contribution in [0.2, 0.25) is 5.02 Å². The van der Waals surface area contributed by atoms with E-state index < -0.39 is 0 Å². The maximum atomic E-state index is 12.7. The Hall–Kier alpha value is -3.13. The van der Waals surface area contributed by atoms with Gasteiger partial charge in [0.25, 0.3) is 5.91 Å². The van der Waals surface area contributed by atoms with E-state index in [0.717, 1.165) is 5.52 Å². The predicted octanol–water partition coefficient (Wildman–Crippen LogP) is 2.82. The first-order valence-electron chi connectivity index (χ1n) is 8.65. The van der Waals surface area contributed by atoms with E-state index in [2.05, 4.69) is 15.6 Å². The fourth-order valence-corrected chi connectivity index (χ4v) is 2.99. The molecule has 0 fully saturated rings. The van der Waals surface area contributed by atoms with Crippen molar-refractivity contribution in [2.45, 2.75) is 13.5 Å². The average Bonchev–Trinajstić information content (AvgIpc) is 3.09. The molecule has 0 saturated carbocycles. The monoisotopic (exact) mass is 401 g/mol. The van der Waals surface area contributed by atoms with Crippen LogP contribution in [0.4, 0.5) is 5.69 Å². The Labute approximate surface area is 167 Å². The van der Waals surface area contributed by atoms with E-state index in [1.54, 1.807) is 48.1 Å². The minimum absolute atomic E-state index is 0.131. The van der Waals surface area contributed by atoms with Gasteiger partial charge in [0.2, 0.25) is 5.91 Å². The number of aryl methyl sites for hydroxylation is 1. The maximum absolute atomic E-state index is 12.7. The number of anilines is 1. The van der Waals surface area contributed by atoms with E-state index in [1.165, 1.54) is 12.0 Å². The molecule has 0 spiro atoms. The highest BCUT2D eigenvalue weighted by Gasteiger charge is 2.17. The lowest BCUT2D eigenvalue weighted by atomic mass is 10.1. The number of rotatable bonds is 6. The molecule has 0 unspecified atom stereocenters. The van der Waals surface area contributed by atoms with Crippen LogP contribution >= 0.6 is 11.6 Å². The summed E-state index contributed by atoms with van der Waals surface area (Å²) >= 11 is 5.97. The van der Waals surface area contributed by atoms with Gasteiger partial charge in [-0.1, -0.05) is 16.8 Å². The van der Waals surface area contributed by atoms with Crippen LogP contribution in [-0.4, -0.2) is 52.4 Å². The molecule has 0 aliphatic carbocycles. The highest BCUT2D eigenvalue weighted by molar-refractivity contribution is 6.31. The van der Waals surface area contributed by atoms with Crippen LogP contribution in [0.5, 0.6) is 5.75 Å². The summed E-state index contributed by atoms with van der Waals surface area (Å²) in [6, 6.07) is 10.1. The Morgan fingerprint density at radius 3 is 2.75 bits per heavy atom. The fraction of sp³-hybridized carbons (Fsp3) is 0.263. The van der Waals surface area contributed by atoms with Crippen LogP contribution in [0.1, 0.15) is 17.3 Å². The van der Waals surface area contributed by atoms with Crippen LogP contribution in [-0.2, 0) is 11.3 Å². The first kappa shape index (κ1) is 19.6. The molecule has 0 saturated heterocycles. The summed E-state index contributed by atoms with van der Waals surface area (Å²) in [5, 5.41) is 11.3. The van der Waals surface area contributed by atoms with Crippen molar-refractivity contribution in [1.29, 1.82) is 0 Å². The van der Waals surface area contributed by atoms with Gasteiger partial charge in [0.1, 0.15) is 11.3 Å². The summed E-state index contributed by atoms with van der Waals surface area (Å²) in [5.74, 6) is -0.174. The molecule has 28 heavy (non-hydrogen) atoms. The summed E-state index contributed by atoms with van der Waals surface area (Å²) in [4.78, 5) is 26.4. The molecule has 1 aromatic heterocycles. The number of amides is 2. The highest BCUT2D eigenvalue weighted by Crippen LogP contribution is 2.27. The van der Waals surface area contributed by atoms with E-state index >= 15 is 0 Å². The van der Waals surface area contributed by atoms with Crippen molar-refractivity contribution >= 4 is 40.1 Å². The lowest BCUT2D eigenvalue weighted by Crippen LogP contribution is -2.35. The van der Waals surface area contributed by atoms with Crippen LogP contribution in [0.15, 0.2) is 36.4 Å². The molecule has 3 aromatic rings. The molecule has 2 aromatic carbocycles. The maximum Gasteiger partial charge on any atom is 0.254 e. The number of carbonyl (C=O) groups excluding carboxylic acids is 2. The van der Waals surface area contributed by atoms with Crippen LogP contribution in [0.3, 0.4) is 0 Å². The van der Waals surface area contributed by atoms with Crippen molar-refractivity contribution in [1.82, 2.24) is 19.9 Å². The molecule has 9 heteroatoms. The zero-order valence-corrected chi connectivity index (χ0v) is 16.5. The molecule has 1 N–H and O–H groups in total. The molecular formula is C19H20ClN5O3. The fourth-order valence-electron chi connectivity index (χ4n) is 2.81. The zero-order chi connectivity index (χ0) is 20.3. The predicted molar refractivity (Wildman–Crippen MR) is 107 cm³/mol. The number of fused-ring (bicyclic) bond motifs is 1. The molecule has 8 nitrogen and oxygen atoms in total. The van der Waals surface area contributed by atoms with Gasteiger partial charge < -0.3 is 15.0 Å². The van der Waals surface area contributed by atoms with Crippen molar-refractivity contribution in [2.24, 2.45) is 0 Å². The average molecular weight is 402 g/mol. The molecule has 146 valence electrons. The Kier molecular flexibility index (Phi) is 5.79. The smallest absolute Gasteiger partial charge is 0.254 e. The van der Waals surface area contributed by atoms with Crippen LogP contribution in [0, 0.1) is 0 Å². The van der Waals surface area contributed by atoms with Gasteiger partial charge in [-0.25, -0.2) is 4.68 Å². The first-order chi connectivity index (χ1) is 13.4. The van der Waals surface area contributed by atoms with Gasteiger partial charge in [-0.15, -0.1) is 5.10 Å². The zero-order valence-electron chi connectivity index (χ0n) is 15.8. The molecular weight excluding hydrogens is 382 g/mol. The number of benzene rings is 2. The van der Waals surface area contributed by atoms with Gasteiger partial charge in [-0.05, 0) is 43.3 Å². The second kappa shape index (κ2) is 8.26. The molecule has 0 aliphatic rings. The van der Waals surface area contributed by atoms with Gasteiger partial charge in [0.05, 0.1) is 24.9 Å². The number of ether oxygens (including phenoxy) is 1. The number of carbonyl (C=O) groups is 2. The summed E-state index contributed by atoms with van der Waals surface area (Å²) < 4.78 is 6.96.